The Hall–Kier alpha value is -0.860. The largest absolute Gasteiger partial charge is 0.335 e. The molecule has 0 aromatic carbocycles. The van der Waals surface area contributed by atoms with Crippen molar-refractivity contribution in [2.75, 3.05) is 6.54 Å². The Morgan fingerprint density at radius 2 is 2.71 bits per heavy atom. The molecule has 0 aliphatic carbocycles. The van der Waals surface area contributed by atoms with Crippen molar-refractivity contribution in [3.63, 3.8) is 0 Å². The zero-order valence-corrected chi connectivity index (χ0v) is 3.94. The van der Waals surface area contributed by atoms with Crippen molar-refractivity contribution in [1.29, 1.82) is 5.41 Å². The Labute approximate surface area is 42.0 Å². The van der Waals surface area contributed by atoms with Gasteiger partial charge < -0.3 is 5.32 Å². The van der Waals surface area contributed by atoms with E-state index in [1.165, 1.54) is 0 Å². The number of amidine groups is 1. The van der Waals surface area contributed by atoms with E-state index in [4.69, 9.17) is 5.41 Å². The molecule has 0 atom stereocenters. The quantitative estimate of drug-likeness (QED) is 0.438. The van der Waals surface area contributed by atoms with Crippen LogP contribution < -0.4 is 5.32 Å². The van der Waals surface area contributed by atoms with E-state index in [9.17, 15) is 0 Å². The second kappa shape index (κ2) is 1.73. The monoisotopic (exact) mass is 97.1 g/mol. The van der Waals surface area contributed by atoms with Gasteiger partial charge in [0, 0.05) is 13.0 Å². The van der Waals surface area contributed by atoms with Gasteiger partial charge in [-0.25, -0.2) is 0 Å². The number of aliphatic imine (C=N–C) groups is 1. The Kier molecular flexibility index (Phi) is 1.06. The molecule has 38 valence electrons. The maximum absolute atomic E-state index is 6.99. The zero-order valence-electron chi connectivity index (χ0n) is 3.94. The van der Waals surface area contributed by atoms with Gasteiger partial charge in [-0.15, -0.1) is 0 Å². The minimum atomic E-state index is 0.565. The minimum absolute atomic E-state index is 0.565. The molecule has 7 heavy (non-hydrogen) atoms. The molecule has 0 aromatic heterocycles. The summed E-state index contributed by atoms with van der Waals surface area (Å²) in [5, 5.41) is 9.66. The zero-order chi connectivity index (χ0) is 5.11. The summed E-state index contributed by atoms with van der Waals surface area (Å²) in [5.74, 6) is 0.565. The normalized spacial score (nSPS) is 19.1. The van der Waals surface area contributed by atoms with Crippen LogP contribution >= 0.6 is 0 Å². The third-order valence-electron chi connectivity index (χ3n) is 0.821. The predicted molar refractivity (Wildman–Crippen MR) is 28.8 cm³/mol. The average molecular weight is 97.1 g/mol. The van der Waals surface area contributed by atoms with Crippen molar-refractivity contribution < 1.29 is 0 Å². The molecule has 2 N–H and O–H groups in total. The van der Waals surface area contributed by atoms with Gasteiger partial charge in [-0.3, -0.25) is 10.4 Å². The van der Waals surface area contributed by atoms with Gasteiger partial charge in [-0.1, -0.05) is 0 Å². The first kappa shape index (κ1) is 4.30. The third-order valence-corrected chi connectivity index (χ3v) is 0.821. The van der Waals surface area contributed by atoms with E-state index in [0.717, 1.165) is 13.0 Å². The van der Waals surface area contributed by atoms with Gasteiger partial charge in [-0.2, -0.15) is 0 Å². The Morgan fingerprint density at radius 3 is 3.00 bits per heavy atom. The van der Waals surface area contributed by atoms with E-state index in [1.807, 2.05) is 0 Å². The van der Waals surface area contributed by atoms with Gasteiger partial charge in [0.1, 0.15) is 5.84 Å². The lowest BCUT2D eigenvalue weighted by atomic mass is 10.4. The van der Waals surface area contributed by atoms with Crippen LogP contribution in [0.4, 0.5) is 0 Å². The van der Waals surface area contributed by atoms with E-state index in [0.29, 0.717) is 5.84 Å². The Bertz CT molecular complexity index is 106. The van der Waals surface area contributed by atoms with Crippen molar-refractivity contribution in [3.8, 4) is 0 Å². The maximum Gasteiger partial charge on any atom is 0.100 e. The molecule has 0 bridgehead atoms. The van der Waals surface area contributed by atoms with Crippen LogP contribution in [0, 0.1) is 5.41 Å². The summed E-state index contributed by atoms with van der Waals surface area (Å²) in [6, 6.07) is 0. The van der Waals surface area contributed by atoms with E-state index in [2.05, 4.69) is 10.3 Å². The molecular formula is C4H7N3. The highest BCUT2D eigenvalue weighted by atomic mass is 15.0. The molecule has 1 aliphatic heterocycles. The molecule has 0 amide bonds. The molecule has 0 saturated carbocycles. The van der Waals surface area contributed by atoms with Gasteiger partial charge in [0.15, 0.2) is 0 Å². The Morgan fingerprint density at radius 1 is 1.86 bits per heavy atom. The van der Waals surface area contributed by atoms with Gasteiger partial charge >= 0.3 is 0 Å². The van der Waals surface area contributed by atoms with E-state index in [-0.39, 0.29) is 0 Å². The van der Waals surface area contributed by atoms with E-state index >= 15 is 0 Å². The SMILES string of the molecule is N=C1CCN=CN1. The molecule has 0 unspecified atom stereocenters. The van der Waals surface area contributed by atoms with Crippen LogP contribution in [-0.4, -0.2) is 18.7 Å². The van der Waals surface area contributed by atoms with Crippen LogP contribution in [-0.2, 0) is 0 Å². The lowest BCUT2D eigenvalue weighted by molar-refractivity contribution is 0.968. The van der Waals surface area contributed by atoms with Crippen LogP contribution in [0.5, 0.6) is 0 Å². The molecule has 0 spiro atoms. The Balaban J connectivity index is 2.47. The van der Waals surface area contributed by atoms with Crippen molar-refractivity contribution in [2.45, 2.75) is 6.42 Å². The molecule has 0 radical (unpaired) electrons. The highest BCUT2D eigenvalue weighted by Crippen LogP contribution is 1.83. The summed E-state index contributed by atoms with van der Waals surface area (Å²) >= 11 is 0. The van der Waals surface area contributed by atoms with Crippen molar-refractivity contribution in [3.05, 3.63) is 0 Å². The number of nitrogens with one attached hydrogen (secondary N) is 2. The summed E-state index contributed by atoms with van der Waals surface area (Å²) in [5.41, 5.74) is 0. The third kappa shape index (κ3) is 0.994. The van der Waals surface area contributed by atoms with Crippen LogP contribution in [0.3, 0.4) is 0 Å². The van der Waals surface area contributed by atoms with Crippen molar-refractivity contribution >= 4 is 12.2 Å². The number of hydrogen-bond acceptors (Lipinski definition) is 2. The van der Waals surface area contributed by atoms with Gasteiger partial charge in [0.05, 0.1) is 6.34 Å². The second-order valence-corrected chi connectivity index (χ2v) is 1.41. The molecular weight excluding hydrogens is 90.1 g/mol. The van der Waals surface area contributed by atoms with E-state index in [1.54, 1.807) is 6.34 Å². The highest BCUT2D eigenvalue weighted by Gasteiger charge is 1.94. The lowest BCUT2D eigenvalue weighted by Gasteiger charge is -2.04. The van der Waals surface area contributed by atoms with Crippen LogP contribution in [0.1, 0.15) is 6.42 Å². The molecule has 1 rings (SSSR count). The first-order valence-corrected chi connectivity index (χ1v) is 2.22. The first-order valence-electron chi connectivity index (χ1n) is 2.22. The van der Waals surface area contributed by atoms with Crippen molar-refractivity contribution in [1.82, 2.24) is 5.32 Å². The fourth-order valence-electron chi connectivity index (χ4n) is 0.437. The molecule has 1 aliphatic rings. The molecule has 0 saturated heterocycles. The first-order chi connectivity index (χ1) is 3.39. The van der Waals surface area contributed by atoms with Crippen LogP contribution in [0.25, 0.3) is 0 Å². The van der Waals surface area contributed by atoms with Gasteiger partial charge in [0.2, 0.25) is 0 Å². The van der Waals surface area contributed by atoms with E-state index < -0.39 is 0 Å². The summed E-state index contributed by atoms with van der Waals surface area (Å²) < 4.78 is 0. The number of hydrogen-bond donors (Lipinski definition) is 2. The second-order valence-electron chi connectivity index (χ2n) is 1.41. The molecule has 3 nitrogen and oxygen atoms in total. The number of rotatable bonds is 0. The minimum Gasteiger partial charge on any atom is -0.335 e. The average Bonchev–Trinajstić information content (AvgIpc) is 1.69. The van der Waals surface area contributed by atoms with Gasteiger partial charge in [0.25, 0.3) is 0 Å². The lowest BCUT2D eigenvalue weighted by Crippen LogP contribution is -2.25. The predicted octanol–water partition coefficient (Wildman–Crippen LogP) is -0.0147. The summed E-state index contributed by atoms with van der Waals surface area (Å²) in [7, 11) is 0. The number of nitrogens with zero attached hydrogens (tertiary/aromatic N) is 1. The molecule has 0 fully saturated rings. The van der Waals surface area contributed by atoms with Gasteiger partial charge in [-0.05, 0) is 0 Å². The van der Waals surface area contributed by atoms with Crippen LogP contribution in [0.15, 0.2) is 4.99 Å². The molecule has 1 heterocycles. The summed E-state index contributed by atoms with van der Waals surface area (Å²) in [4.78, 5) is 3.85. The van der Waals surface area contributed by atoms with Crippen molar-refractivity contribution in [2.24, 2.45) is 4.99 Å². The smallest absolute Gasteiger partial charge is 0.100 e. The fourth-order valence-corrected chi connectivity index (χ4v) is 0.437. The summed E-state index contributed by atoms with van der Waals surface area (Å²) in [6.45, 7) is 0.770. The standard InChI is InChI=1S/C4H7N3/c5-4-1-2-6-3-7-4/h3H,1-2H2,(H2,5,6,7). The maximum atomic E-state index is 6.99. The topological polar surface area (TPSA) is 48.2 Å². The molecule has 3 heteroatoms. The summed E-state index contributed by atoms with van der Waals surface area (Å²) in [6.07, 6.45) is 2.32. The fraction of sp³-hybridized carbons (Fsp3) is 0.500. The molecule has 0 aromatic rings. The highest BCUT2D eigenvalue weighted by molar-refractivity contribution is 5.91. The van der Waals surface area contributed by atoms with Crippen LogP contribution in [0.2, 0.25) is 0 Å².